The molecule has 2 atom stereocenters. The van der Waals surface area contributed by atoms with E-state index < -0.39 is 28.0 Å². The predicted molar refractivity (Wildman–Crippen MR) is 72.1 cm³/mol. The van der Waals surface area contributed by atoms with Gasteiger partial charge in [0.05, 0.1) is 17.9 Å². The molecule has 2 rings (SSSR count). The van der Waals surface area contributed by atoms with Crippen molar-refractivity contribution in [3.63, 3.8) is 0 Å². The first-order chi connectivity index (χ1) is 9.37. The highest BCUT2D eigenvalue weighted by atomic mass is 32.2. The van der Waals surface area contributed by atoms with Crippen LogP contribution in [0.5, 0.6) is 5.75 Å². The summed E-state index contributed by atoms with van der Waals surface area (Å²) in [4.78, 5) is 11.2. The van der Waals surface area contributed by atoms with Crippen molar-refractivity contribution in [2.45, 2.75) is 24.3 Å². The highest BCUT2D eigenvalue weighted by Gasteiger charge is 2.42. The van der Waals surface area contributed by atoms with Gasteiger partial charge in [0.25, 0.3) is 0 Å². The summed E-state index contributed by atoms with van der Waals surface area (Å²) in [5, 5.41) is 9.08. The lowest BCUT2D eigenvalue weighted by Gasteiger charge is -2.22. The molecule has 0 saturated carbocycles. The summed E-state index contributed by atoms with van der Waals surface area (Å²) in [6, 6.07) is 5.63. The molecule has 1 aromatic rings. The number of sulfonamides is 1. The lowest BCUT2D eigenvalue weighted by atomic mass is 10.0. The molecule has 7 heteroatoms. The van der Waals surface area contributed by atoms with Crippen LogP contribution in [0.1, 0.15) is 13.3 Å². The van der Waals surface area contributed by atoms with Crippen LogP contribution in [-0.4, -0.2) is 43.5 Å². The molecule has 0 aliphatic carbocycles. The van der Waals surface area contributed by atoms with Gasteiger partial charge in [0, 0.05) is 18.7 Å². The summed E-state index contributed by atoms with van der Waals surface area (Å²) in [5.74, 6) is -1.16. The van der Waals surface area contributed by atoms with Crippen molar-refractivity contribution in [2.75, 3.05) is 13.7 Å². The Morgan fingerprint density at radius 3 is 2.70 bits per heavy atom. The summed E-state index contributed by atoms with van der Waals surface area (Å²) in [7, 11) is -2.23. The van der Waals surface area contributed by atoms with E-state index in [4.69, 9.17) is 9.84 Å². The molecule has 1 aliphatic heterocycles. The number of carbonyl (C=O) groups is 1. The van der Waals surface area contributed by atoms with Crippen LogP contribution in [0.4, 0.5) is 0 Å². The van der Waals surface area contributed by atoms with Crippen LogP contribution in [0.2, 0.25) is 0 Å². The minimum Gasteiger partial charge on any atom is -0.497 e. The lowest BCUT2D eigenvalue weighted by molar-refractivity contribution is -0.142. The molecule has 1 aromatic carbocycles. The van der Waals surface area contributed by atoms with E-state index in [2.05, 4.69) is 0 Å². The number of rotatable bonds is 4. The van der Waals surface area contributed by atoms with E-state index >= 15 is 0 Å². The number of hydrogen-bond acceptors (Lipinski definition) is 4. The molecule has 1 fully saturated rings. The van der Waals surface area contributed by atoms with Gasteiger partial charge < -0.3 is 9.84 Å². The largest absolute Gasteiger partial charge is 0.497 e. The van der Waals surface area contributed by atoms with E-state index in [1.165, 1.54) is 23.5 Å². The quantitative estimate of drug-likeness (QED) is 0.902. The Morgan fingerprint density at radius 1 is 1.45 bits per heavy atom. The molecule has 1 N–H and O–H groups in total. The molecule has 20 heavy (non-hydrogen) atoms. The third-order valence-corrected chi connectivity index (χ3v) is 5.64. The molecule has 1 aliphatic rings. The van der Waals surface area contributed by atoms with Gasteiger partial charge in [0.1, 0.15) is 5.75 Å². The number of methoxy groups -OCH3 is 1. The topological polar surface area (TPSA) is 83.9 Å². The summed E-state index contributed by atoms with van der Waals surface area (Å²) in [5.41, 5.74) is 0. The second kappa shape index (κ2) is 5.41. The fraction of sp³-hybridized carbons (Fsp3) is 0.462. The first-order valence-electron chi connectivity index (χ1n) is 6.26. The Kier molecular flexibility index (Phi) is 4.01. The summed E-state index contributed by atoms with van der Waals surface area (Å²) in [6.45, 7) is 1.85. The minimum absolute atomic E-state index is 0.120. The van der Waals surface area contributed by atoms with Gasteiger partial charge in [-0.3, -0.25) is 4.79 Å². The molecule has 0 radical (unpaired) electrons. The second-order valence-corrected chi connectivity index (χ2v) is 6.66. The van der Waals surface area contributed by atoms with Crippen LogP contribution in [0.15, 0.2) is 29.2 Å². The number of nitrogens with zero attached hydrogens (tertiary/aromatic N) is 1. The van der Waals surface area contributed by atoms with E-state index in [1.807, 2.05) is 0 Å². The van der Waals surface area contributed by atoms with Gasteiger partial charge >= 0.3 is 5.97 Å². The van der Waals surface area contributed by atoms with Crippen molar-refractivity contribution in [2.24, 2.45) is 5.92 Å². The normalized spacial score (nSPS) is 23.7. The van der Waals surface area contributed by atoms with Gasteiger partial charge in [0.15, 0.2) is 0 Å². The maximum Gasteiger partial charge on any atom is 0.308 e. The first-order valence-corrected chi connectivity index (χ1v) is 7.70. The number of hydrogen-bond donors (Lipinski definition) is 1. The third kappa shape index (κ3) is 2.51. The zero-order valence-electron chi connectivity index (χ0n) is 11.3. The SMILES string of the molecule is COc1cccc(S(=O)(=O)N2CCC(C(=O)O)C2C)c1. The van der Waals surface area contributed by atoms with Crippen molar-refractivity contribution in [1.29, 1.82) is 0 Å². The smallest absolute Gasteiger partial charge is 0.308 e. The monoisotopic (exact) mass is 299 g/mol. The zero-order valence-corrected chi connectivity index (χ0v) is 12.1. The van der Waals surface area contributed by atoms with Crippen LogP contribution in [0.25, 0.3) is 0 Å². The Morgan fingerprint density at radius 2 is 2.15 bits per heavy atom. The molecule has 0 aromatic heterocycles. The van der Waals surface area contributed by atoms with Gasteiger partial charge in [0.2, 0.25) is 10.0 Å². The fourth-order valence-corrected chi connectivity index (χ4v) is 4.19. The standard InChI is InChI=1S/C13H17NO5S/c1-9-12(13(15)16)6-7-14(9)20(17,18)11-5-3-4-10(8-11)19-2/h3-5,8-9,12H,6-7H2,1-2H3,(H,15,16). The minimum atomic E-state index is -3.70. The molecular formula is C13H17NO5S. The van der Waals surface area contributed by atoms with Crippen LogP contribution < -0.4 is 4.74 Å². The van der Waals surface area contributed by atoms with Crippen LogP contribution in [0, 0.1) is 5.92 Å². The number of carboxylic acid groups (broad SMARTS) is 1. The molecule has 1 heterocycles. The van der Waals surface area contributed by atoms with E-state index in [0.29, 0.717) is 12.2 Å². The van der Waals surface area contributed by atoms with Crippen LogP contribution in [0.3, 0.4) is 0 Å². The maximum absolute atomic E-state index is 12.6. The van der Waals surface area contributed by atoms with Crippen molar-refractivity contribution in [3.8, 4) is 5.75 Å². The van der Waals surface area contributed by atoms with E-state index in [-0.39, 0.29) is 11.4 Å². The molecular weight excluding hydrogens is 282 g/mol. The Bertz CT molecular complexity index is 613. The summed E-state index contributed by atoms with van der Waals surface area (Å²) in [6.07, 6.45) is 0.333. The van der Waals surface area contributed by atoms with Crippen molar-refractivity contribution in [3.05, 3.63) is 24.3 Å². The van der Waals surface area contributed by atoms with Gasteiger partial charge in [-0.05, 0) is 25.5 Å². The van der Waals surface area contributed by atoms with Crippen LogP contribution >= 0.6 is 0 Å². The van der Waals surface area contributed by atoms with Gasteiger partial charge in [-0.2, -0.15) is 4.31 Å². The lowest BCUT2D eigenvalue weighted by Crippen LogP contribution is -2.37. The number of ether oxygens (including phenoxy) is 1. The van der Waals surface area contributed by atoms with E-state index in [9.17, 15) is 13.2 Å². The van der Waals surface area contributed by atoms with Gasteiger partial charge in [-0.1, -0.05) is 6.07 Å². The zero-order chi connectivity index (χ0) is 14.9. The first kappa shape index (κ1) is 14.8. The number of benzene rings is 1. The van der Waals surface area contributed by atoms with E-state index in [0.717, 1.165) is 0 Å². The van der Waals surface area contributed by atoms with Crippen LogP contribution in [-0.2, 0) is 14.8 Å². The molecule has 6 nitrogen and oxygen atoms in total. The Labute approximate surface area is 118 Å². The molecule has 0 spiro atoms. The highest BCUT2D eigenvalue weighted by molar-refractivity contribution is 7.89. The molecule has 2 unspecified atom stereocenters. The maximum atomic E-state index is 12.6. The Hall–Kier alpha value is -1.60. The van der Waals surface area contributed by atoms with Crippen molar-refractivity contribution < 1.29 is 23.1 Å². The molecule has 1 saturated heterocycles. The fourth-order valence-electron chi connectivity index (χ4n) is 2.48. The van der Waals surface area contributed by atoms with Crippen molar-refractivity contribution in [1.82, 2.24) is 4.31 Å². The number of carboxylic acids is 1. The molecule has 0 amide bonds. The predicted octanol–water partition coefficient (Wildman–Crippen LogP) is 1.18. The molecule has 110 valence electrons. The second-order valence-electron chi connectivity index (χ2n) is 4.77. The van der Waals surface area contributed by atoms with Crippen molar-refractivity contribution >= 4 is 16.0 Å². The average molecular weight is 299 g/mol. The van der Waals surface area contributed by atoms with E-state index in [1.54, 1.807) is 19.1 Å². The number of aliphatic carboxylic acids is 1. The van der Waals surface area contributed by atoms with Gasteiger partial charge in [-0.25, -0.2) is 8.42 Å². The Balaban J connectivity index is 2.33. The third-order valence-electron chi connectivity index (χ3n) is 3.66. The average Bonchev–Trinajstić information content (AvgIpc) is 2.81. The summed E-state index contributed by atoms with van der Waals surface area (Å²) < 4.78 is 31.4. The van der Waals surface area contributed by atoms with Gasteiger partial charge in [-0.15, -0.1) is 0 Å². The summed E-state index contributed by atoms with van der Waals surface area (Å²) >= 11 is 0. The highest BCUT2D eigenvalue weighted by Crippen LogP contribution is 2.31. The molecule has 0 bridgehead atoms.